The van der Waals surface area contributed by atoms with Crippen molar-refractivity contribution in [2.75, 3.05) is 31.6 Å². The number of rotatable bonds is 10. The second kappa shape index (κ2) is 11.6. The van der Waals surface area contributed by atoms with Gasteiger partial charge in [0.1, 0.15) is 5.75 Å². The Balaban J connectivity index is 1.83. The zero-order valence-corrected chi connectivity index (χ0v) is 17.7. The summed E-state index contributed by atoms with van der Waals surface area (Å²) in [6.07, 6.45) is 0. The van der Waals surface area contributed by atoms with Crippen LogP contribution >= 0.6 is 0 Å². The molecule has 0 atom stereocenters. The lowest BCUT2D eigenvalue weighted by Gasteiger charge is -2.24. The number of carbonyl (C=O) groups is 3. The highest BCUT2D eigenvalue weighted by molar-refractivity contribution is 5.95. The van der Waals surface area contributed by atoms with Crippen LogP contribution in [0.5, 0.6) is 5.75 Å². The van der Waals surface area contributed by atoms with Crippen molar-refractivity contribution in [3.8, 4) is 5.75 Å². The fraction of sp³-hybridized carbons (Fsp3) is 0.348. The summed E-state index contributed by atoms with van der Waals surface area (Å²) >= 11 is 0. The number of benzene rings is 2. The molecule has 0 unspecified atom stereocenters. The van der Waals surface area contributed by atoms with Crippen LogP contribution in [0.15, 0.2) is 54.6 Å². The molecule has 0 fully saturated rings. The highest BCUT2D eigenvalue weighted by Gasteiger charge is 2.19. The lowest BCUT2D eigenvalue weighted by Crippen LogP contribution is -2.45. The number of amides is 3. The van der Waals surface area contributed by atoms with Gasteiger partial charge in [-0.25, -0.2) is 0 Å². The molecular formula is C23H29N3O4. The molecule has 2 N–H and O–H groups in total. The van der Waals surface area contributed by atoms with Crippen molar-refractivity contribution in [3.63, 3.8) is 0 Å². The molecule has 0 aromatic heterocycles. The van der Waals surface area contributed by atoms with Gasteiger partial charge in [-0.3, -0.25) is 14.4 Å². The molecule has 2 aromatic carbocycles. The van der Waals surface area contributed by atoms with Gasteiger partial charge in [0, 0.05) is 12.2 Å². The molecule has 0 aliphatic carbocycles. The quantitative estimate of drug-likeness (QED) is 0.629. The standard InChI is InChI=1S/C23H29N3O4/c1-17(2)14-26(23(29)16-30-20-10-5-4-6-11-20)15-22(28)24-13-21(27)25-19-9-7-8-18(3)12-19/h4-12,17H,13-16H2,1-3H3,(H,24,28)(H,25,27). The third-order valence-electron chi connectivity index (χ3n) is 4.13. The van der Waals surface area contributed by atoms with Gasteiger partial charge in [-0.2, -0.15) is 0 Å². The average Bonchev–Trinajstić information content (AvgIpc) is 2.70. The van der Waals surface area contributed by atoms with E-state index in [0.29, 0.717) is 18.0 Å². The third-order valence-corrected chi connectivity index (χ3v) is 4.13. The van der Waals surface area contributed by atoms with Crippen LogP contribution in [0, 0.1) is 12.8 Å². The zero-order valence-electron chi connectivity index (χ0n) is 17.7. The van der Waals surface area contributed by atoms with E-state index in [1.54, 1.807) is 18.2 Å². The fourth-order valence-corrected chi connectivity index (χ4v) is 2.78. The predicted octanol–water partition coefficient (Wildman–Crippen LogP) is 2.61. The Bertz CT molecular complexity index is 853. The summed E-state index contributed by atoms with van der Waals surface area (Å²) in [6, 6.07) is 16.4. The second-order valence-corrected chi connectivity index (χ2v) is 7.46. The summed E-state index contributed by atoms with van der Waals surface area (Å²) in [6.45, 7) is 5.82. The van der Waals surface area contributed by atoms with Crippen molar-refractivity contribution in [1.82, 2.24) is 10.2 Å². The van der Waals surface area contributed by atoms with Gasteiger partial charge in [0.15, 0.2) is 6.61 Å². The average molecular weight is 412 g/mol. The first kappa shape index (κ1) is 22.9. The topological polar surface area (TPSA) is 87.7 Å². The highest BCUT2D eigenvalue weighted by atomic mass is 16.5. The first-order valence-corrected chi connectivity index (χ1v) is 9.92. The SMILES string of the molecule is Cc1cccc(NC(=O)CNC(=O)CN(CC(C)C)C(=O)COc2ccccc2)c1. The molecule has 0 saturated carbocycles. The number of nitrogens with zero attached hydrogens (tertiary/aromatic N) is 1. The molecule has 0 heterocycles. The summed E-state index contributed by atoms with van der Waals surface area (Å²) in [5.41, 5.74) is 1.70. The molecule has 30 heavy (non-hydrogen) atoms. The van der Waals surface area contributed by atoms with E-state index >= 15 is 0 Å². The molecule has 7 nitrogen and oxygen atoms in total. The molecule has 3 amide bonds. The van der Waals surface area contributed by atoms with Crippen molar-refractivity contribution in [2.45, 2.75) is 20.8 Å². The van der Waals surface area contributed by atoms with E-state index in [2.05, 4.69) is 10.6 Å². The number of carbonyl (C=O) groups excluding carboxylic acids is 3. The molecule has 0 saturated heterocycles. The van der Waals surface area contributed by atoms with E-state index in [-0.39, 0.29) is 37.4 Å². The van der Waals surface area contributed by atoms with Crippen molar-refractivity contribution in [1.29, 1.82) is 0 Å². The minimum absolute atomic E-state index is 0.132. The summed E-state index contributed by atoms with van der Waals surface area (Å²) in [7, 11) is 0. The summed E-state index contributed by atoms with van der Waals surface area (Å²) in [5.74, 6) is -0.242. The van der Waals surface area contributed by atoms with Gasteiger partial charge in [0.2, 0.25) is 11.8 Å². The number of hydrogen-bond donors (Lipinski definition) is 2. The Morgan fingerprint density at radius 1 is 1.00 bits per heavy atom. The lowest BCUT2D eigenvalue weighted by molar-refractivity contribution is -0.138. The molecule has 160 valence electrons. The van der Waals surface area contributed by atoms with E-state index in [9.17, 15) is 14.4 Å². The maximum Gasteiger partial charge on any atom is 0.260 e. The number of para-hydroxylation sites is 1. The van der Waals surface area contributed by atoms with E-state index < -0.39 is 5.91 Å². The minimum Gasteiger partial charge on any atom is -0.484 e. The lowest BCUT2D eigenvalue weighted by atomic mass is 10.2. The molecule has 2 aromatic rings. The van der Waals surface area contributed by atoms with Crippen molar-refractivity contribution >= 4 is 23.4 Å². The normalized spacial score (nSPS) is 10.4. The largest absolute Gasteiger partial charge is 0.484 e. The maximum absolute atomic E-state index is 12.5. The second-order valence-electron chi connectivity index (χ2n) is 7.46. The predicted molar refractivity (Wildman–Crippen MR) is 116 cm³/mol. The molecular weight excluding hydrogens is 382 g/mol. The van der Waals surface area contributed by atoms with Crippen molar-refractivity contribution in [3.05, 3.63) is 60.2 Å². The van der Waals surface area contributed by atoms with E-state index in [4.69, 9.17) is 4.74 Å². The van der Waals surface area contributed by atoms with Gasteiger partial charge >= 0.3 is 0 Å². The number of anilines is 1. The molecule has 7 heteroatoms. The van der Waals surface area contributed by atoms with Gasteiger partial charge in [0.05, 0.1) is 13.1 Å². The maximum atomic E-state index is 12.5. The van der Waals surface area contributed by atoms with Crippen LogP contribution in [0.3, 0.4) is 0 Å². The number of nitrogens with one attached hydrogen (secondary N) is 2. The van der Waals surface area contributed by atoms with Crippen LogP contribution in [0.2, 0.25) is 0 Å². The van der Waals surface area contributed by atoms with Crippen LogP contribution in [-0.4, -0.2) is 48.9 Å². The third kappa shape index (κ3) is 8.34. The van der Waals surface area contributed by atoms with Crippen LogP contribution in [0.25, 0.3) is 0 Å². The highest BCUT2D eigenvalue weighted by Crippen LogP contribution is 2.10. The molecule has 0 bridgehead atoms. The number of hydrogen-bond acceptors (Lipinski definition) is 4. The van der Waals surface area contributed by atoms with Gasteiger partial charge in [-0.05, 0) is 42.7 Å². The van der Waals surface area contributed by atoms with Crippen LogP contribution < -0.4 is 15.4 Å². The van der Waals surface area contributed by atoms with Crippen molar-refractivity contribution < 1.29 is 19.1 Å². The van der Waals surface area contributed by atoms with Gasteiger partial charge < -0.3 is 20.3 Å². The molecule has 0 aliphatic rings. The molecule has 0 aliphatic heterocycles. The van der Waals surface area contributed by atoms with E-state index in [1.165, 1.54) is 4.90 Å². The zero-order chi connectivity index (χ0) is 21.9. The van der Waals surface area contributed by atoms with E-state index in [1.807, 2.05) is 57.2 Å². The first-order chi connectivity index (χ1) is 14.3. The Morgan fingerprint density at radius 2 is 1.73 bits per heavy atom. The Kier molecular flexibility index (Phi) is 8.87. The minimum atomic E-state index is -0.400. The first-order valence-electron chi connectivity index (χ1n) is 9.92. The number of ether oxygens (including phenoxy) is 1. The van der Waals surface area contributed by atoms with Gasteiger partial charge in [-0.15, -0.1) is 0 Å². The molecule has 0 radical (unpaired) electrons. The monoisotopic (exact) mass is 411 g/mol. The van der Waals surface area contributed by atoms with Crippen LogP contribution in [-0.2, 0) is 14.4 Å². The van der Waals surface area contributed by atoms with Gasteiger partial charge in [-0.1, -0.05) is 44.2 Å². The molecule has 2 rings (SSSR count). The van der Waals surface area contributed by atoms with Crippen LogP contribution in [0.1, 0.15) is 19.4 Å². The Labute approximate surface area is 177 Å². The number of aryl methyl sites for hydroxylation is 1. The van der Waals surface area contributed by atoms with E-state index in [0.717, 1.165) is 5.56 Å². The smallest absolute Gasteiger partial charge is 0.260 e. The Hall–Kier alpha value is -3.35. The fourth-order valence-electron chi connectivity index (χ4n) is 2.78. The molecule has 0 spiro atoms. The van der Waals surface area contributed by atoms with Gasteiger partial charge in [0.25, 0.3) is 5.91 Å². The van der Waals surface area contributed by atoms with Crippen molar-refractivity contribution in [2.24, 2.45) is 5.92 Å². The summed E-state index contributed by atoms with van der Waals surface area (Å²) < 4.78 is 5.50. The summed E-state index contributed by atoms with van der Waals surface area (Å²) in [5, 5.41) is 5.29. The Morgan fingerprint density at radius 3 is 2.40 bits per heavy atom. The van der Waals surface area contributed by atoms with Crippen LogP contribution in [0.4, 0.5) is 5.69 Å². The summed E-state index contributed by atoms with van der Waals surface area (Å²) in [4.78, 5) is 38.3.